The first-order valence-corrected chi connectivity index (χ1v) is 6.15. The fraction of sp³-hybridized carbons (Fsp3) is 0.462. The summed E-state index contributed by atoms with van der Waals surface area (Å²) >= 11 is 0. The van der Waals surface area contributed by atoms with E-state index in [4.69, 9.17) is 10.5 Å². The molecule has 0 spiro atoms. The van der Waals surface area contributed by atoms with E-state index < -0.39 is 0 Å². The van der Waals surface area contributed by atoms with Crippen LogP contribution < -0.4 is 10.6 Å². The van der Waals surface area contributed by atoms with Gasteiger partial charge < -0.3 is 20.4 Å². The quantitative estimate of drug-likeness (QED) is 0.843. The number of aromatic nitrogens is 2. The van der Waals surface area contributed by atoms with Crippen LogP contribution in [0.5, 0.6) is 0 Å². The molecule has 1 saturated heterocycles. The zero-order valence-corrected chi connectivity index (χ0v) is 10.5. The Kier molecular flexibility index (Phi) is 2.72. The van der Waals surface area contributed by atoms with Crippen LogP contribution >= 0.6 is 0 Å². The number of rotatable bonds is 4. The molecule has 0 atom stereocenters. The molecule has 1 aromatic carbocycles. The monoisotopic (exact) mass is 246 g/mol. The molecule has 2 heterocycles. The van der Waals surface area contributed by atoms with E-state index in [1.807, 2.05) is 6.07 Å². The highest BCUT2D eigenvalue weighted by Crippen LogP contribution is 2.29. The molecule has 0 unspecified atom stereocenters. The average molecular weight is 246 g/mol. The van der Waals surface area contributed by atoms with Crippen LogP contribution in [0.2, 0.25) is 0 Å². The Hall–Kier alpha value is -1.59. The summed E-state index contributed by atoms with van der Waals surface area (Å²) in [7, 11) is 2.09. The van der Waals surface area contributed by atoms with Crippen LogP contribution in [-0.4, -0.2) is 43.3 Å². The molecular weight excluding hydrogens is 228 g/mol. The number of hydrogen-bond acceptors (Lipinski definition) is 4. The summed E-state index contributed by atoms with van der Waals surface area (Å²) in [5.74, 6) is 0. The van der Waals surface area contributed by atoms with E-state index in [9.17, 15) is 0 Å². The van der Waals surface area contributed by atoms with Gasteiger partial charge in [-0.05, 0) is 18.2 Å². The predicted molar refractivity (Wildman–Crippen MR) is 71.7 cm³/mol. The number of benzene rings is 1. The summed E-state index contributed by atoms with van der Waals surface area (Å²) in [6.45, 7) is 3.12. The van der Waals surface area contributed by atoms with Gasteiger partial charge in [-0.3, -0.25) is 0 Å². The number of nitrogens with zero attached hydrogens (tertiary/aromatic N) is 2. The van der Waals surface area contributed by atoms with Crippen molar-refractivity contribution in [2.75, 3.05) is 38.3 Å². The Labute approximate surface area is 106 Å². The number of imidazole rings is 1. The number of fused-ring (bicyclic) bond motifs is 1. The lowest BCUT2D eigenvalue weighted by molar-refractivity contribution is -0.101. The Morgan fingerprint density at radius 3 is 3.00 bits per heavy atom. The van der Waals surface area contributed by atoms with Crippen molar-refractivity contribution in [1.82, 2.24) is 9.97 Å². The minimum atomic E-state index is 0.123. The third kappa shape index (κ3) is 1.85. The molecule has 1 fully saturated rings. The second-order valence-electron chi connectivity index (χ2n) is 5.16. The molecule has 0 radical (unpaired) electrons. The van der Waals surface area contributed by atoms with Gasteiger partial charge in [0, 0.05) is 31.2 Å². The molecule has 3 N–H and O–H groups in total. The van der Waals surface area contributed by atoms with E-state index in [-0.39, 0.29) is 5.41 Å². The highest BCUT2D eigenvalue weighted by molar-refractivity contribution is 5.78. The van der Waals surface area contributed by atoms with E-state index in [0.717, 1.165) is 30.8 Å². The summed E-state index contributed by atoms with van der Waals surface area (Å²) in [5, 5.41) is 0. The molecule has 0 saturated carbocycles. The summed E-state index contributed by atoms with van der Waals surface area (Å²) in [4.78, 5) is 9.59. The molecule has 1 aliphatic heterocycles. The minimum Gasteiger partial charge on any atom is -0.380 e. The van der Waals surface area contributed by atoms with E-state index in [2.05, 4.69) is 34.0 Å². The first-order valence-electron chi connectivity index (χ1n) is 6.15. The molecule has 0 aliphatic carbocycles. The van der Waals surface area contributed by atoms with Crippen molar-refractivity contribution in [3.8, 4) is 0 Å². The van der Waals surface area contributed by atoms with Gasteiger partial charge in [0.05, 0.1) is 30.6 Å². The van der Waals surface area contributed by atoms with E-state index in [0.29, 0.717) is 6.54 Å². The van der Waals surface area contributed by atoms with Crippen LogP contribution in [0.15, 0.2) is 24.5 Å². The van der Waals surface area contributed by atoms with E-state index in [1.54, 1.807) is 6.33 Å². The van der Waals surface area contributed by atoms with Gasteiger partial charge in [-0.2, -0.15) is 0 Å². The van der Waals surface area contributed by atoms with Gasteiger partial charge in [0.25, 0.3) is 0 Å². The lowest BCUT2D eigenvalue weighted by Crippen LogP contribution is -2.54. The third-order valence-corrected chi connectivity index (χ3v) is 3.67. The number of nitrogens with one attached hydrogen (secondary N) is 1. The molecule has 2 aromatic rings. The fourth-order valence-electron chi connectivity index (χ4n) is 2.42. The maximum atomic E-state index is 5.85. The molecule has 1 aromatic heterocycles. The van der Waals surface area contributed by atoms with Crippen LogP contribution in [0.1, 0.15) is 0 Å². The van der Waals surface area contributed by atoms with Crippen LogP contribution in [0.3, 0.4) is 0 Å². The molecule has 1 aliphatic rings. The van der Waals surface area contributed by atoms with Crippen molar-refractivity contribution in [2.24, 2.45) is 11.1 Å². The minimum absolute atomic E-state index is 0.123. The van der Waals surface area contributed by atoms with Crippen molar-refractivity contribution in [3.63, 3.8) is 0 Å². The van der Waals surface area contributed by atoms with Crippen LogP contribution in [0, 0.1) is 5.41 Å². The molecule has 18 heavy (non-hydrogen) atoms. The number of anilines is 1. The van der Waals surface area contributed by atoms with Gasteiger partial charge in [0.1, 0.15) is 0 Å². The average Bonchev–Trinajstić information content (AvgIpc) is 2.80. The molecular formula is C13H18N4O. The SMILES string of the molecule is CN(CC1(CN)COC1)c1ccc2nc[nH]c2c1. The van der Waals surface area contributed by atoms with Crippen molar-refractivity contribution >= 4 is 16.7 Å². The number of nitrogens with two attached hydrogens (primary N) is 1. The van der Waals surface area contributed by atoms with E-state index >= 15 is 0 Å². The maximum absolute atomic E-state index is 5.85. The van der Waals surface area contributed by atoms with Crippen molar-refractivity contribution in [2.45, 2.75) is 0 Å². The normalized spacial score (nSPS) is 17.7. The van der Waals surface area contributed by atoms with Crippen molar-refractivity contribution < 1.29 is 4.74 Å². The summed E-state index contributed by atoms with van der Waals surface area (Å²) in [5.41, 5.74) is 9.20. The molecule has 96 valence electrons. The third-order valence-electron chi connectivity index (χ3n) is 3.67. The summed E-state index contributed by atoms with van der Waals surface area (Å²) in [6, 6.07) is 6.24. The second-order valence-corrected chi connectivity index (χ2v) is 5.16. The molecule has 5 nitrogen and oxygen atoms in total. The van der Waals surface area contributed by atoms with Crippen LogP contribution in [-0.2, 0) is 4.74 Å². The highest BCUT2D eigenvalue weighted by Gasteiger charge is 2.38. The van der Waals surface area contributed by atoms with Gasteiger partial charge in [-0.25, -0.2) is 4.98 Å². The topological polar surface area (TPSA) is 67.2 Å². The van der Waals surface area contributed by atoms with Crippen LogP contribution in [0.4, 0.5) is 5.69 Å². The molecule has 0 amide bonds. The van der Waals surface area contributed by atoms with E-state index in [1.165, 1.54) is 5.69 Å². The largest absolute Gasteiger partial charge is 0.380 e. The first-order chi connectivity index (χ1) is 8.72. The number of aromatic amines is 1. The lowest BCUT2D eigenvalue weighted by Gasteiger charge is -2.43. The fourth-order valence-corrected chi connectivity index (χ4v) is 2.42. The Morgan fingerprint density at radius 2 is 2.33 bits per heavy atom. The zero-order valence-electron chi connectivity index (χ0n) is 10.5. The number of H-pyrrole nitrogens is 1. The van der Waals surface area contributed by atoms with Gasteiger partial charge in [-0.1, -0.05) is 0 Å². The Balaban J connectivity index is 1.80. The van der Waals surface area contributed by atoms with Crippen LogP contribution in [0.25, 0.3) is 11.0 Å². The molecule has 5 heteroatoms. The Bertz CT molecular complexity index is 541. The lowest BCUT2D eigenvalue weighted by atomic mass is 9.85. The van der Waals surface area contributed by atoms with Crippen molar-refractivity contribution in [1.29, 1.82) is 0 Å². The van der Waals surface area contributed by atoms with Gasteiger partial charge in [-0.15, -0.1) is 0 Å². The van der Waals surface area contributed by atoms with Gasteiger partial charge >= 0.3 is 0 Å². The summed E-state index contributed by atoms with van der Waals surface area (Å²) < 4.78 is 5.30. The molecule has 0 bridgehead atoms. The number of hydrogen-bond donors (Lipinski definition) is 2. The van der Waals surface area contributed by atoms with Gasteiger partial charge in [0.15, 0.2) is 0 Å². The first kappa shape index (κ1) is 11.5. The second kappa shape index (κ2) is 4.26. The summed E-state index contributed by atoms with van der Waals surface area (Å²) in [6.07, 6.45) is 1.72. The van der Waals surface area contributed by atoms with Crippen molar-refractivity contribution in [3.05, 3.63) is 24.5 Å². The zero-order chi connectivity index (χ0) is 12.6. The predicted octanol–water partition coefficient (Wildman–Crippen LogP) is 0.974. The smallest absolute Gasteiger partial charge is 0.0931 e. The standard InChI is InChI=1S/C13H18N4O/c1-17(6-13(5-14)7-18-8-13)10-2-3-11-12(4-10)16-9-15-11/h2-4,9H,5-8,14H2,1H3,(H,15,16). The highest BCUT2D eigenvalue weighted by atomic mass is 16.5. The Morgan fingerprint density at radius 1 is 1.50 bits per heavy atom. The number of ether oxygens (including phenoxy) is 1. The maximum Gasteiger partial charge on any atom is 0.0931 e. The molecule has 3 rings (SSSR count). The van der Waals surface area contributed by atoms with Gasteiger partial charge in [0.2, 0.25) is 0 Å².